The van der Waals surface area contributed by atoms with Crippen LogP contribution >= 0.6 is 8.51 Å². The topological polar surface area (TPSA) is 9.23 Å². The number of hydrogen-bond acceptors (Lipinski definition) is 1. The summed E-state index contributed by atoms with van der Waals surface area (Å²) in [5, 5.41) is 0. The maximum atomic E-state index is 5.91. The van der Waals surface area contributed by atoms with E-state index in [-0.39, 0.29) is 0 Å². The van der Waals surface area contributed by atoms with Gasteiger partial charge in [-0.15, -0.1) is 0 Å². The molecule has 3 rings (SSSR count). The Kier molecular flexibility index (Phi) is 4.20. The predicted molar refractivity (Wildman–Crippen MR) is 76.4 cm³/mol. The van der Waals surface area contributed by atoms with Gasteiger partial charge in [0.05, 0.1) is 0 Å². The normalized spacial score (nSPS) is 16.5. The predicted octanol–water partition coefficient (Wildman–Crippen LogP) is 4.90. The second kappa shape index (κ2) is 6.07. The Morgan fingerprint density at radius 1 is 1.00 bits per heavy atom. The Morgan fingerprint density at radius 2 is 1.74 bits per heavy atom. The molecule has 0 spiro atoms. The van der Waals surface area contributed by atoms with E-state index in [0.717, 1.165) is 18.6 Å². The molecule has 3 heteroatoms. The van der Waals surface area contributed by atoms with E-state index in [9.17, 15) is 0 Å². The first kappa shape index (κ1) is 13.2. The summed E-state index contributed by atoms with van der Waals surface area (Å²) >= 11 is -1.24. The molecule has 1 aromatic carbocycles. The van der Waals surface area contributed by atoms with Crippen LogP contribution in [0.5, 0.6) is 5.75 Å². The minimum absolute atomic E-state index is 0.946. The molecule has 0 heterocycles. The van der Waals surface area contributed by atoms with Gasteiger partial charge in [0.15, 0.2) is 0 Å². The number of benzene rings is 1. The second-order valence-corrected chi connectivity index (χ2v) is 6.30. The monoisotopic (exact) mass is 346 g/mol. The molecule has 0 unspecified atom stereocenters. The molecule has 0 amide bonds. The summed E-state index contributed by atoms with van der Waals surface area (Å²) in [5.74, 6) is 0.946. The van der Waals surface area contributed by atoms with E-state index in [4.69, 9.17) is 11.3 Å². The third-order valence-corrected chi connectivity index (χ3v) is 4.57. The van der Waals surface area contributed by atoms with E-state index in [0.29, 0.717) is 0 Å². The molecule has 0 atom stereocenters. The van der Waals surface area contributed by atoms with Crippen molar-refractivity contribution in [1.82, 2.24) is 0 Å². The van der Waals surface area contributed by atoms with Crippen LogP contribution in [0.4, 0.5) is 0 Å². The number of hydrogen-bond donors (Lipinski definition) is 0. The molecule has 0 saturated heterocycles. The molecule has 1 aromatic rings. The van der Waals surface area contributed by atoms with Gasteiger partial charge in [-0.05, 0) is 0 Å². The van der Waals surface area contributed by atoms with Gasteiger partial charge in [-0.3, -0.25) is 0 Å². The van der Waals surface area contributed by atoms with Crippen molar-refractivity contribution in [1.29, 1.82) is 0 Å². The van der Waals surface area contributed by atoms with Crippen molar-refractivity contribution < 1.29 is 25.3 Å². The van der Waals surface area contributed by atoms with Crippen LogP contribution < -0.4 is 2.81 Å². The fourth-order valence-corrected chi connectivity index (χ4v) is 3.65. The van der Waals surface area contributed by atoms with Gasteiger partial charge in [0, 0.05) is 0 Å². The number of allylic oxidation sites excluding steroid dienone is 8. The SMILES string of the molecule is [Cl][Zr][O]c1cccc(C2=CC=CC2)c1C1=CC=CC1. The molecule has 0 aromatic heterocycles. The average molecular weight is 348 g/mol. The van der Waals surface area contributed by atoms with Gasteiger partial charge in [0.25, 0.3) is 0 Å². The zero-order valence-electron chi connectivity index (χ0n) is 10.4. The van der Waals surface area contributed by atoms with E-state index in [1.807, 2.05) is 6.07 Å². The van der Waals surface area contributed by atoms with Crippen LogP contribution in [0.1, 0.15) is 24.0 Å². The molecule has 2 aliphatic carbocycles. The summed E-state index contributed by atoms with van der Waals surface area (Å²) in [6.07, 6.45) is 14.9. The van der Waals surface area contributed by atoms with Crippen LogP contribution in [0, 0.1) is 0 Å². The first-order valence-corrected chi connectivity index (χ1v) is 10.4. The molecular weight excluding hydrogens is 335 g/mol. The molecule has 19 heavy (non-hydrogen) atoms. The van der Waals surface area contributed by atoms with Crippen molar-refractivity contribution in [3.63, 3.8) is 0 Å². The van der Waals surface area contributed by atoms with E-state index in [2.05, 4.69) is 48.6 Å². The molecule has 0 fully saturated rings. The Bertz CT molecular complexity index is 611. The van der Waals surface area contributed by atoms with E-state index in [1.54, 1.807) is 0 Å². The van der Waals surface area contributed by atoms with E-state index < -0.39 is 22.5 Å². The van der Waals surface area contributed by atoms with Crippen molar-refractivity contribution in [2.75, 3.05) is 0 Å². The third kappa shape index (κ3) is 2.71. The molecular formula is C16H13ClOZr. The Labute approximate surface area is 129 Å². The van der Waals surface area contributed by atoms with Crippen LogP contribution in [0.15, 0.2) is 54.7 Å². The minimum atomic E-state index is -1.24. The zero-order valence-corrected chi connectivity index (χ0v) is 13.6. The fraction of sp³-hybridized carbons (Fsp3) is 0.125. The van der Waals surface area contributed by atoms with Crippen LogP contribution in [0.25, 0.3) is 11.1 Å². The van der Waals surface area contributed by atoms with Gasteiger partial charge in [-0.2, -0.15) is 0 Å². The summed E-state index contributed by atoms with van der Waals surface area (Å²) in [6.45, 7) is 0. The van der Waals surface area contributed by atoms with Gasteiger partial charge in [-0.25, -0.2) is 0 Å². The van der Waals surface area contributed by atoms with Crippen molar-refractivity contribution in [2.24, 2.45) is 0 Å². The molecule has 0 N–H and O–H groups in total. The van der Waals surface area contributed by atoms with Crippen LogP contribution in [-0.4, -0.2) is 0 Å². The summed E-state index contributed by atoms with van der Waals surface area (Å²) in [4.78, 5) is 0. The van der Waals surface area contributed by atoms with Crippen LogP contribution in [-0.2, 0) is 22.5 Å². The molecule has 94 valence electrons. The standard InChI is InChI=1S/C16H14O.ClH.Zr/c17-15-11-5-10-14(12-6-1-2-7-12)16(15)13-8-3-4-9-13;;/h1-6,8,10-11,17H,7,9H2;1H;/q;;+2/p-2. The van der Waals surface area contributed by atoms with Crippen molar-refractivity contribution in [2.45, 2.75) is 12.8 Å². The zero-order chi connectivity index (χ0) is 13.1. The molecule has 1 nitrogen and oxygen atoms in total. The first-order valence-electron chi connectivity index (χ1n) is 6.28. The summed E-state index contributed by atoms with van der Waals surface area (Å²) in [6, 6.07) is 6.27. The van der Waals surface area contributed by atoms with Crippen LogP contribution in [0.2, 0.25) is 0 Å². The van der Waals surface area contributed by atoms with Gasteiger partial charge >= 0.3 is 129 Å². The van der Waals surface area contributed by atoms with Gasteiger partial charge in [-0.1, -0.05) is 0 Å². The summed E-state index contributed by atoms with van der Waals surface area (Å²) in [7, 11) is 5.91. The average Bonchev–Trinajstić information content (AvgIpc) is 3.12. The van der Waals surface area contributed by atoms with Gasteiger partial charge in [0.2, 0.25) is 0 Å². The van der Waals surface area contributed by atoms with Crippen LogP contribution in [0.3, 0.4) is 0 Å². The molecule has 0 bridgehead atoms. The molecule has 0 saturated carbocycles. The fourth-order valence-electron chi connectivity index (χ4n) is 2.54. The molecule has 0 aliphatic heterocycles. The number of rotatable bonds is 4. The summed E-state index contributed by atoms with van der Waals surface area (Å²) < 4.78 is 5.77. The first-order chi connectivity index (χ1) is 9.40. The number of halogens is 1. The van der Waals surface area contributed by atoms with Crippen molar-refractivity contribution in [3.8, 4) is 5.75 Å². The molecule has 0 radical (unpaired) electrons. The van der Waals surface area contributed by atoms with Gasteiger partial charge in [0.1, 0.15) is 0 Å². The van der Waals surface area contributed by atoms with E-state index >= 15 is 0 Å². The second-order valence-electron chi connectivity index (χ2n) is 4.51. The quantitative estimate of drug-likeness (QED) is 0.752. The Balaban J connectivity index is 2.10. The van der Waals surface area contributed by atoms with E-state index in [1.165, 1.54) is 22.3 Å². The van der Waals surface area contributed by atoms with Crippen molar-refractivity contribution in [3.05, 3.63) is 65.8 Å². The summed E-state index contributed by atoms with van der Waals surface area (Å²) in [5.41, 5.74) is 5.18. The third-order valence-electron chi connectivity index (χ3n) is 3.38. The van der Waals surface area contributed by atoms with Gasteiger partial charge < -0.3 is 0 Å². The maximum absolute atomic E-state index is 5.91. The van der Waals surface area contributed by atoms with Crippen molar-refractivity contribution >= 4 is 19.7 Å². The Hall–Kier alpha value is -0.847. The molecule has 2 aliphatic rings. The Morgan fingerprint density at radius 3 is 2.37 bits per heavy atom.